The number of hydrogen-bond donors (Lipinski definition) is 1. The highest BCUT2D eigenvalue weighted by Crippen LogP contribution is 2.32. The van der Waals surface area contributed by atoms with Crippen molar-refractivity contribution in [1.29, 1.82) is 0 Å². The first kappa shape index (κ1) is 11.9. The molecule has 16 heavy (non-hydrogen) atoms. The van der Waals surface area contributed by atoms with E-state index >= 15 is 0 Å². The van der Waals surface area contributed by atoms with Crippen molar-refractivity contribution in [2.75, 3.05) is 13.2 Å². The summed E-state index contributed by atoms with van der Waals surface area (Å²) in [5.74, 6) is 1.02. The van der Waals surface area contributed by atoms with Crippen LogP contribution in [0.4, 0.5) is 0 Å². The van der Waals surface area contributed by atoms with Gasteiger partial charge in [-0.3, -0.25) is 0 Å². The molecule has 0 aliphatic carbocycles. The van der Waals surface area contributed by atoms with E-state index in [1.54, 1.807) is 0 Å². The van der Waals surface area contributed by atoms with Gasteiger partial charge in [0, 0.05) is 16.1 Å². The second kappa shape index (κ2) is 5.69. The van der Waals surface area contributed by atoms with Gasteiger partial charge in [0.2, 0.25) is 0 Å². The third-order valence-corrected chi connectivity index (χ3v) is 3.45. The summed E-state index contributed by atoms with van der Waals surface area (Å²) in [4.78, 5) is 0. The molecule has 1 aromatic rings. The Balaban J connectivity index is 2.24. The second-order valence-corrected chi connectivity index (χ2v) is 5.03. The third kappa shape index (κ3) is 2.77. The average Bonchev–Trinajstić information content (AvgIpc) is 2.33. The molecule has 1 aliphatic heterocycles. The van der Waals surface area contributed by atoms with Crippen LogP contribution in [0.25, 0.3) is 0 Å². The average molecular weight is 284 g/mol. The van der Waals surface area contributed by atoms with E-state index in [0.29, 0.717) is 6.04 Å². The molecule has 0 unspecified atom stereocenters. The Kier molecular flexibility index (Phi) is 4.24. The summed E-state index contributed by atoms with van der Waals surface area (Å²) >= 11 is 3.53. The Bertz CT molecular complexity index is 348. The van der Waals surface area contributed by atoms with Gasteiger partial charge in [0.05, 0.1) is 6.61 Å². The predicted molar refractivity (Wildman–Crippen MR) is 69.9 cm³/mol. The first-order valence-electron chi connectivity index (χ1n) is 5.97. The van der Waals surface area contributed by atoms with Crippen molar-refractivity contribution in [3.63, 3.8) is 0 Å². The first-order valence-corrected chi connectivity index (χ1v) is 6.76. The van der Waals surface area contributed by atoms with Gasteiger partial charge in [-0.05, 0) is 44.5 Å². The minimum absolute atomic E-state index is 0.452. The van der Waals surface area contributed by atoms with E-state index in [4.69, 9.17) is 4.74 Å². The standard InChI is InChI=1S/C13H18BrNO/c1-2-16-13-7-6-10(14)9-11(13)12-5-3-4-8-15-12/h6-7,9,12,15H,2-5,8H2,1H3/t12-/m1/s1. The summed E-state index contributed by atoms with van der Waals surface area (Å²) < 4.78 is 6.81. The summed E-state index contributed by atoms with van der Waals surface area (Å²) in [6.45, 7) is 3.87. The van der Waals surface area contributed by atoms with Gasteiger partial charge in [0.1, 0.15) is 5.75 Å². The first-order chi connectivity index (χ1) is 7.81. The highest BCUT2D eigenvalue weighted by molar-refractivity contribution is 9.10. The molecule has 1 aromatic carbocycles. The number of ether oxygens (including phenoxy) is 1. The van der Waals surface area contributed by atoms with Gasteiger partial charge in [-0.1, -0.05) is 22.4 Å². The molecule has 0 amide bonds. The zero-order valence-corrected chi connectivity index (χ0v) is 11.2. The molecule has 1 aliphatic rings. The van der Waals surface area contributed by atoms with Crippen LogP contribution in [0.15, 0.2) is 22.7 Å². The number of halogens is 1. The molecule has 3 heteroatoms. The van der Waals surface area contributed by atoms with Crippen LogP contribution >= 0.6 is 15.9 Å². The Labute approximate surface area is 106 Å². The van der Waals surface area contributed by atoms with Crippen LogP contribution in [0, 0.1) is 0 Å². The Morgan fingerprint density at radius 1 is 1.44 bits per heavy atom. The third-order valence-electron chi connectivity index (χ3n) is 2.96. The maximum Gasteiger partial charge on any atom is 0.124 e. The molecule has 0 radical (unpaired) electrons. The molecule has 0 spiro atoms. The molecule has 0 bridgehead atoms. The van der Waals surface area contributed by atoms with E-state index in [-0.39, 0.29) is 0 Å². The van der Waals surface area contributed by atoms with E-state index < -0.39 is 0 Å². The molecule has 1 fully saturated rings. The van der Waals surface area contributed by atoms with Crippen LogP contribution in [0.5, 0.6) is 5.75 Å². The second-order valence-electron chi connectivity index (χ2n) is 4.12. The molecule has 1 heterocycles. The van der Waals surface area contributed by atoms with Crippen LogP contribution in [0.2, 0.25) is 0 Å². The largest absolute Gasteiger partial charge is 0.494 e. The van der Waals surface area contributed by atoms with Crippen LogP contribution in [0.1, 0.15) is 37.8 Å². The number of benzene rings is 1. The van der Waals surface area contributed by atoms with E-state index in [1.165, 1.54) is 24.8 Å². The Hall–Kier alpha value is -0.540. The lowest BCUT2D eigenvalue weighted by Crippen LogP contribution is -2.27. The Morgan fingerprint density at radius 2 is 2.31 bits per heavy atom. The van der Waals surface area contributed by atoms with Gasteiger partial charge in [-0.15, -0.1) is 0 Å². The van der Waals surface area contributed by atoms with Crippen LogP contribution < -0.4 is 10.1 Å². The van der Waals surface area contributed by atoms with Crippen LogP contribution in [-0.4, -0.2) is 13.2 Å². The fraction of sp³-hybridized carbons (Fsp3) is 0.538. The predicted octanol–water partition coefficient (Wildman–Crippen LogP) is 3.66. The lowest BCUT2D eigenvalue weighted by atomic mass is 9.97. The van der Waals surface area contributed by atoms with Crippen LogP contribution in [0.3, 0.4) is 0 Å². The molecule has 0 saturated carbocycles. The summed E-state index contributed by atoms with van der Waals surface area (Å²) in [6, 6.07) is 6.72. The summed E-state index contributed by atoms with van der Waals surface area (Å²) in [5.41, 5.74) is 1.29. The van der Waals surface area contributed by atoms with Crippen molar-refractivity contribution in [1.82, 2.24) is 5.32 Å². The molecule has 88 valence electrons. The van der Waals surface area contributed by atoms with Gasteiger partial charge < -0.3 is 10.1 Å². The smallest absolute Gasteiger partial charge is 0.124 e. The van der Waals surface area contributed by atoms with Crippen molar-refractivity contribution >= 4 is 15.9 Å². The Morgan fingerprint density at radius 3 is 3.00 bits per heavy atom. The van der Waals surface area contributed by atoms with Gasteiger partial charge in [-0.25, -0.2) is 0 Å². The normalized spacial score (nSPS) is 20.8. The molecular formula is C13H18BrNO. The topological polar surface area (TPSA) is 21.3 Å². The van der Waals surface area contributed by atoms with Gasteiger partial charge >= 0.3 is 0 Å². The van der Waals surface area contributed by atoms with E-state index in [1.807, 2.05) is 13.0 Å². The minimum Gasteiger partial charge on any atom is -0.494 e. The van der Waals surface area contributed by atoms with Crippen LogP contribution in [-0.2, 0) is 0 Å². The molecular weight excluding hydrogens is 266 g/mol. The fourth-order valence-corrected chi connectivity index (χ4v) is 2.57. The van der Waals surface area contributed by atoms with E-state index in [9.17, 15) is 0 Å². The van der Waals surface area contributed by atoms with Crippen molar-refractivity contribution in [2.45, 2.75) is 32.2 Å². The summed E-state index contributed by atoms with van der Waals surface area (Å²) in [5, 5.41) is 3.56. The summed E-state index contributed by atoms with van der Waals surface area (Å²) in [6.07, 6.45) is 3.79. The minimum atomic E-state index is 0.452. The molecule has 2 nitrogen and oxygen atoms in total. The lowest BCUT2D eigenvalue weighted by molar-refractivity contribution is 0.324. The van der Waals surface area contributed by atoms with Crippen molar-refractivity contribution in [3.05, 3.63) is 28.2 Å². The van der Waals surface area contributed by atoms with Crippen molar-refractivity contribution in [2.24, 2.45) is 0 Å². The molecule has 2 rings (SSSR count). The number of hydrogen-bond acceptors (Lipinski definition) is 2. The van der Waals surface area contributed by atoms with Gasteiger partial charge in [-0.2, -0.15) is 0 Å². The van der Waals surface area contributed by atoms with Gasteiger partial charge in [0.15, 0.2) is 0 Å². The monoisotopic (exact) mass is 283 g/mol. The zero-order chi connectivity index (χ0) is 11.4. The van der Waals surface area contributed by atoms with E-state index in [0.717, 1.165) is 23.4 Å². The van der Waals surface area contributed by atoms with Gasteiger partial charge in [0.25, 0.3) is 0 Å². The molecule has 0 aromatic heterocycles. The summed E-state index contributed by atoms with van der Waals surface area (Å²) in [7, 11) is 0. The molecule has 1 atom stereocenters. The number of rotatable bonds is 3. The fourth-order valence-electron chi connectivity index (χ4n) is 2.20. The van der Waals surface area contributed by atoms with E-state index in [2.05, 4.69) is 33.4 Å². The van der Waals surface area contributed by atoms with Crippen molar-refractivity contribution in [3.8, 4) is 5.75 Å². The maximum absolute atomic E-state index is 5.68. The zero-order valence-electron chi connectivity index (χ0n) is 9.63. The number of piperidine rings is 1. The highest BCUT2D eigenvalue weighted by atomic mass is 79.9. The maximum atomic E-state index is 5.68. The molecule has 1 saturated heterocycles. The molecule has 1 N–H and O–H groups in total. The SMILES string of the molecule is CCOc1ccc(Br)cc1[C@H]1CCCCN1. The quantitative estimate of drug-likeness (QED) is 0.914. The number of nitrogens with one attached hydrogen (secondary N) is 1. The van der Waals surface area contributed by atoms with Crippen molar-refractivity contribution < 1.29 is 4.74 Å². The lowest BCUT2D eigenvalue weighted by Gasteiger charge is -2.25. The highest BCUT2D eigenvalue weighted by Gasteiger charge is 2.18.